The third-order valence-corrected chi connectivity index (χ3v) is 7.83. The first-order valence-corrected chi connectivity index (χ1v) is 12.0. The lowest BCUT2D eigenvalue weighted by molar-refractivity contribution is -0.0494. The predicted molar refractivity (Wildman–Crippen MR) is 121 cm³/mol. The van der Waals surface area contributed by atoms with Crippen molar-refractivity contribution in [3.8, 4) is 17.0 Å². The molecular formula is C24H33F2N5O2. The summed E-state index contributed by atoms with van der Waals surface area (Å²) in [6.45, 7) is 3.77. The molecule has 2 unspecified atom stereocenters. The molecule has 2 aromatic heterocycles. The number of ether oxygens (including phenoxy) is 1. The summed E-state index contributed by atoms with van der Waals surface area (Å²) in [6.07, 6.45) is 6.19. The highest BCUT2D eigenvalue weighted by molar-refractivity contribution is 5.64. The van der Waals surface area contributed by atoms with Crippen LogP contribution < -0.4 is 10.5 Å². The molecular weight excluding hydrogens is 428 g/mol. The first-order valence-electron chi connectivity index (χ1n) is 12.0. The van der Waals surface area contributed by atoms with Crippen LogP contribution in [0, 0.1) is 17.8 Å². The Morgan fingerprint density at radius 3 is 2.48 bits per heavy atom. The number of hydrogen-bond donors (Lipinski definition) is 2. The van der Waals surface area contributed by atoms with E-state index >= 15 is 0 Å². The number of halogens is 2. The van der Waals surface area contributed by atoms with E-state index in [0.717, 1.165) is 25.9 Å². The Labute approximate surface area is 192 Å². The topological polar surface area (TPSA) is 89.4 Å². The van der Waals surface area contributed by atoms with Crippen molar-refractivity contribution in [1.82, 2.24) is 19.7 Å². The molecule has 5 rings (SSSR count). The summed E-state index contributed by atoms with van der Waals surface area (Å²) in [5.74, 6) is 2.13. The fourth-order valence-electron chi connectivity index (χ4n) is 6.05. The van der Waals surface area contributed by atoms with Crippen LogP contribution in [0.25, 0.3) is 11.3 Å². The number of piperidine rings is 1. The second kappa shape index (κ2) is 8.83. The van der Waals surface area contributed by atoms with E-state index in [4.69, 9.17) is 10.8 Å². The number of anilines is 1. The molecule has 4 atom stereocenters. The maximum Gasteiger partial charge on any atom is 0.387 e. The van der Waals surface area contributed by atoms with Gasteiger partial charge in [-0.3, -0.25) is 4.68 Å². The third-order valence-electron chi connectivity index (χ3n) is 7.83. The van der Waals surface area contributed by atoms with Gasteiger partial charge >= 0.3 is 6.61 Å². The van der Waals surface area contributed by atoms with Crippen LogP contribution in [-0.2, 0) is 0 Å². The number of nitrogens with two attached hydrogens (primary N) is 1. The molecule has 2 aromatic rings. The molecule has 0 aromatic carbocycles. The molecule has 3 heterocycles. The average Bonchev–Trinajstić information content (AvgIpc) is 3.15. The van der Waals surface area contributed by atoms with Gasteiger partial charge in [0.25, 0.3) is 0 Å². The summed E-state index contributed by atoms with van der Waals surface area (Å²) in [7, 11) is 0. The summed E-state index contributed by atoms with van der Waals surface area (Å²) < 4.78 is 32.0. The molecule has 0 amide bonds. The molecule has 9 heteroatoms. The van der Waals surface area contributed by atoms with Gasteiger partial charge in [-0.2, -0.15) is 13.9 Å². The van der Waals surface area contributed by atoms with Gasteiger partial charge in [-0.25, -0.2) is 4.98 Å². The molecule has 1 saturated heterocycles. The van der Waals surface area contributed by atoms with Crippen molar-refractivity contribution in [2.45, 2.75) is 64.1 Å². The zero-order valence-electron chi connectivity index (χ0n) is 19.2. The number of likely N-dealkylation sites (tertiary alicyclic amines) is 1. The fraction of sp³-hybridized carbons (Fsp3) is 0.667. The van der Waals surface area contributed by atoms with Crippen molar-refractivity contribution in [3.05, 3.63) is 24.0 Å². The molecule has 0 radical (unpaired) electrons. The van der Waals surface area contributed by atoms with Crippen LogP contribution in [0.5, 0.6) is 5.75 Å². The van der Waals surface area contributed by atoms with Gasteiger partial charge in [0, 0.05) is 42.1 Å². The van der Waals surface area contributed by atoms with E-state index < -0.39 is 6.61 Å². The molecule has 2 saturated carbocycles. The molecule has 3 aliphatic rings. The lowest BCUT2D eigenvalue weighted by Crippen LogP contribution is -2.41. The van der Waals surface area contributed by atoms with E-state index in [0.29, 0.717) is 47.6 Å². The summed E-state index contributed by atoms with van der Waals surface area (Å²) in [5.41, 5.74) is 8.25. The highest BCUT2D eigenvalue weighted by Crippen LogP contribution is 2.64. The Kier molecular flexibility index (Phi) is 6.03. The number of aromatic nitrogens is 3. The van der Waals surface area contributed by atoms with E-state index in [1.54, 1.807) is 6.20 Å². The Balaban J connectivity index is 1.31. The Morgan fingerprint density at radius 1 is 1.18 bits per heavy atom. The monoisotopic (exact) mass is 461 g/mol. The van der Waals surface area contributed by atoms with E-state index in [9.17, 15) is 13.9 Å². The van der Waals surface area contributed by atoms with Crippen LogP contribution in [0.1, 0.15) is 57.2 Å². The maximum absolute atomic E-state index is 12.7. The Morgan fingerprint density at radius 2 is 1.88 bits per heavy atom. The minimum absolute atomic E-state index is 0.0617. The minimum atomic E-state index is -2.96. The number of rotatable bonds is 7. The third kappa shape index (κ3) is 4.33. The first kappa shape index (κ1) is 22.5. The van der Waals surface area contributed by atoms with Crippen LogP contribution >= 0.6 is 0 Å². The lowest BCUT2D eigenvalue weighted by Gasteiger charge is -2.36. The molecule has 0 spiro atoms. The maximum atomic E-state index is 12.7. The first-order chi connectivity index (χ1) is 15.9. The lowest BCUT2D eigenvalue weighted by atomic mass is 9.94. The van der Waals surface area contributed by atoms with Gasteiger partial charge in [0.2, 0.25) is 0 Å². The number of nitrogens with zero attached hydrogens (tertiary/aromatic N) is 4. The minimum Gasteiger partial charge on any atom is -0.431 e. The summed E-state index contributed by atoms with van der Waals surface area (Å²) in [6, 6.07) is 4.43. The highest BCUT2D eigenvalue weighted by Gasteiger charge is 2.58. The van der Waals surface area contributed by atoms with Crippen molar-refractivity contribution in [3.63, 3.8) is 0 Å². The summed E-state index contributed by atoms with van der Waals surface area (Å²) in [4.78, 5) is 6.66. The fourth-order valence-corrected chi connectivity index (χ4v) is 6.05. The van der Waals surface area contributed by atoms with Gasteiger partial charge in [-0.05, 0) is 82.5 Å². The quantitative estimate of drug-likeness (QED) is 0.650. The van der Waals surface area contributed by atoms with Gasteiger partial charge < -0.3 is 20.5 Å². The summed E-state index contributed by atoms with van der Waals surface area (Å²) in [5, 5.41) is 14.2. The number of alkyl halides is 2. The standard InChI is InChI=1S/C24H33F2N5O2/c1-13(2)31-20(10-19(29-31)15-7-21(33-24(25)26)23(27)28-11-15)22-17-8-16(9-18(17)22)30-5-3-14(12-32)4-6-30/h7,10-11,13-14,16-18,22,24,32H,3-6,8-9,12H2,1-2H3,(H2,27,28)/t16?,17-,18+,22?. The highest BCUT2D eigenvalue weighted by atomic mass is 19.3. The average molecular weight is 462 g/mol. The summed E-state index contributed by atoms with van der Waals surface area (Å²) >= 11 is 0. The number of nitrogen functional groups attached to an aromatic ring is 1. The second-order valence-electron chi connectivity index (χ2n) is 10.1. The molecule has 33 heavy (non-hydrogen) atoms. The van der Waals surface area contributed by atoms with Crippen LogP contribution in [0.4, 0.5) is 14.6 Å². The van der Waals surface area contributed by atoms with Crippen molar-refractivity contribution >= 4 is 5.82 Å². The van der Waals surface area contributed by atoms with Gasteiger partial charge in [0.05, 0.1) is 5.69 Å². The van der Waals surface area contributed by atoms with E-state index in [1.165, 1.54) is 24.6 Å². The van der Waals surface area contributed by atoms with Crippen LogP contribution in [0.3, 0.4) is 0 Å². The van der Waals surface area contributed by atoms with Crippen LogP contribution in [-0.4, -0.2) is 57.1 Å². The van der Waals surface area contributed by atoms with Gasteiger partial charge in [0.1, 0.15) is 0 Å². The number of aliphatic hydroxyl groups excluding tert-OH is 1. The number of fused-ring (bicyclic) bond motifs is 1. The molecule has 2 aliphatic carbocycles. The Bertz CT molecular complexity index is 977. The van der Waals surface area contributed by atoms with E-state index in [1.807, 2.05) is 0 Å². The van der Waals surface area contributed by atoms with Crippen LogP contribution in [0.2, 0.25) is 0 Å². The van der Waals surface area contributed by atoms with Crippen molar-refractivity contribution < 1.29 is 18.6 Å². The Hall–Kier alpha value is -2.26. The SMILES string of the molecule is CC(C)n1nc(-c2cnc(N)c(OC(F)F)c2)cc1C1[C@H]2CC(N3CCC(CO)CC3)C[C@@H]12. The number of hydrogen-bond acceptors (Lipinski definition) is 6. The zero-order valence-corrected chi connectivity index (χ0v) is 19.2. The normalized spacial score (nSPS) is 28.0. The van der Waals surface area contributed by atoms with Gasteiger partial charge in [-0.15, -0.1) is 0 Å². The predicted octanol–water partition coefficient (Wildman–Crippen LogP) is 3.91. The van der Waals surface area contributed by atoms with Crippen molar-refractivity contribution in [2.75, 3.05) is 25.4 Å². The molecule has 0 bridgehead atoms. The van der Waals surface area contributed by atoms with Crippen LogP contribution in [0.15, 0.2) is 18.3 Å². The van der Waals surface area contributed by atoms with E-state index in [-0.39, 0.29) is 17.6 Å². The number of pyridine rings is 1. The van der Waals surface area contributed by atoms with Crippen molar-refractivity contribution in [1.29, 1.82) is 0 Å². The van der Waals surface area contributed by atoms with Gasteiger partial charge in [0.15, 0.2) is 11.6 Å². The van der Waals surface area contributed by atoms with Crippen molar-refractivity contribution in [2.24, 2.45) is 17.8 Å². The molecule has 1 aliphatic heterocycles. The molecule has 180 valence electrons. The largest absolute Gasteiger partial charge is 0.431 e. The van der Waals surface area contributed by atoms with E-state index in [2.05, 4.69) is 39.2 Å². The van der Waals surface area contributed by atoms with Gasteiger partial charge in [-0.1, -0.05) is 0 Å². The molecule has 3 fully saturated rings. The number of aliphatic hydroxyl groups is 1. The smallest absolute Gasteiger partial charge is 0.387 e. The molecule has 3 N–H and O–H groups in total. The zero-order chi connectivity index (χ0) is 23.3. The molecule has 7 nitrogen and oxygen atoms in total. The second-order valence-corrected chi connectivity index (χ2v) is 10.1.